The van der Waals surface area contributed by atoms with E-state index < -0.39 is 55.5 Å². The minimum absolute atomic E-state index is 0.00521. The minimum Gasteiger partial charge on any atom is -0.459 e. The second-order valence-electron chi connectivity index (χ2n) is 10.1. The van der Waals surface area contributed by atoms with Gasteiger partial charge in [0.15, 0.2) is 0 Å². The molecule has 2 unspecified atom stereocenters. The molecule has 2 aromatic carbocycles. The first-order valence-corrected chi connectivity index (χ1v) is 15.9. The van der Waals surface area contributed by atoms with Gasteiger partial charge in [0, 0.05) is 17.6 Å². The number of hydrogen-bond acceptors (Lipinski definition) is 9. The number of H-pyrrole nitrogens is 1. The molecule has 4 atom stereocenters. The average molecular weight is 699 g/mol. The summed E-state index contributed by atoms with van der Waals surface area (Å²) in [4.78, 5) is 41.1. The van der Waals surface area contributed by atoms with Gasteiger partial charge in [-0.15, -0.1) is 0 Å². The first-order valence-electron chi connectivity index (χ1n) is 13.1. The molecule has 230 valence electrons. The Balaban J connectivity index is 1.50. The molecule has 0 aliphatic carbocycles. The number of nitrogens with one attached hydrogen (secondary N) is 2. The van der Waals surface area contributed by atoms with Gasteiger partial charge in [0.25, 0.3) is 5.56 Å². The monoisotopic (exact) mass is 697 g/mol. The Labute approximate surface area is 260 Å². The standard InChI is InChI=1S/C28H30BrClN3O9P/c1-28(2,26(36)39-16-18-6-4-3-5-7-18)32-43(38,42-21-10-8-20(30)9-11-21)40-17-23-22(34)14-24(41-23)33-15-19(12-13-29)25(35)31-27(33)37/h3-13,15,22-24,34H,14,16-17H2,1-2H3,(H,32,38)(H,31,35,37)/t22?,23-,24-,43?/m1/s1. The zero-order valence-corrected chi connectivity index (χ0v) is 26.4. The first-order chi connectivity index (χ1) is 20.4. The molecule has 1 aliphatic rings. The van der Waals surface area contributed by atoms with E-state index in [-0.39, 0.29) is 24.3 Å². The molecule has 0 amide bonds. The Morgan fingerprint density at radius 3 is 2.60 bits per heavy atom. The maximum absolute atomic E-state index is 14.0. The number of carbonyl (C=O) groups is 1. The number of aromatic amines is 1. The van der Waals surface area contributed by atoms with Crippen molar-refractivity contribution in [2.75, 3.05) is 6.61 Å². The van der Waals surface area contributed by atoms with Crippen molar-refractivity contribution in [3.63, 3.8) is 0 Å². The van der Waals surface area contributed by atoms with Crippen LogP contribution in [0, 0.1) is 0 Å². The van der Waals surface area contributed by atoms with Crippen molar-refractivity contribution in [2.45, 2.75) is 50.8 Å². The van der Waals surface area contributed by atoms with Gasteiger partial charge >= 0.3 is 19.4 Å². The van der Waals surface area contributed by atoms with Crippen molar-refractivity contribution in [2.24, 2.45) is 0 Å². The number of esters is 1. The number of hydrogen-bond donors (Lipinski definition) is 3. The third kappa shape index (κ3) is 8.76. The van der Waals surface area contributed by atoms with Crippen LogP contribution in [-0.4, -0.2) is 45.0 Å². The maximum Gasteiger partial charge on any atom is 0.459 e. The molecule has 0 spiro atoms. The van der Waals surface area contributed by atoms with E-state index in [0.29, 0.717) is 5.02 Å². The van der Waals surface area contributed by atoms with Gasteiger partial charge in [0.2, 0.25) is 0 Å². The largest absolute Gasteiger partial charge is 0.459 e. The van der Waals surface area contributed by atoms with Crippen molar-refractivity contribution in [1.29, 1.82) is 0 Å². The van der Waals surface area contributed by atoms with Gasteiger partial charge in [-0.2, -0.15) is 5.09 Å². The Hall–Kier alpha value is -3.03. The first kappa shape index (κ1) is 32.9. The number of rotatable bonds is 12. The van der Waals surface area contributed by atoms with Crippen molar-refractivity contribution >= 4 is 47.3 Å². The summed E-state index contributed by atoms with van der Waals surface area (Å²) in [5.41, 5.74) is -1.92. The molecule has 12 nitrogen and oxygen atoms in total. The number of aliphatic hydroxyl groups is 1. The Morgan fingerprint density at radius 2 is 1.93 bits per heavy atom. The van der Waals surface area contributed by atoms with Crippen molar-refractivity contribution < 1.29 is 33.0 Å². The fourth-order valence-electron chi connectivity index (χ4n) is 4.12. The Morgan fingerprint density at radius 1 is 1.23 bits per heavy atom. The van der Waals surface area contributed by atoms with Crippen LogP contribution in [0.3, 0.4) is 0 Å². The van der Waals surface area contributed by atoms with E-state index in [2.05, 4.69) is 26.0 Å². The van der Waals surface area contributed by atoms with E-state index in [1.54, 1.807) is 12.1 Å². The average Bonchev–Trinajstić information content (AvgIpc) is 3.33. The summed E-state index contributed by atoms with van der Waals surface area (Å²) in [7, 11) is -4.35. The highest BCUT2D eigenvalue weighted by Crippen LogP contribution is 2.47. The zero-order valence-electron chi connectivity index (χ0n) is 23.1. The lowest BCUT2D eigenvalue weighted by Crippen LogP contribution is -2.47. The predicted octanol–water partition coefficient (Wildman–Crippen LogP) is 4.52. The molecule has 0 bridgehead atoms. The topological polar surface area (TPSA) is 158 Å². The number of ether oxygens (including phenoxy) is 2. The lowest BCUT2D eigenvalue weighted by Gasteiger charge is -2.30. The molecule has 43 heavy (non-hydrogen) atoms. The Kier molecular flexibility index (Phi) is 10.8. The molecule has 1 aromatic heterocycles. The van der Waals surface area contributed by atoms with E-state index in [0.717, 1.165) is 10.1 Å². The summed E-state index contributed by atoms with van der Waals surface area (Å²) in [6.07, 6.45) is -0.403. The molecule has 0 radical (unpaired) electrons. The van der Waals surface area contributed by atoms with Crippen molar-refractivity contribution in [1.82, 2.24) is 14.6 Å². The van der Waals surface area contributed by atoms with Gasteiger partial charge in [-0.3, -0.25) is 23.7 Å². The van der Waals surface area contributed by atoms with Crippen LogP contribution in [0.4, 0.5) is 0 Å². The fourth-order valence-corrected chi connectivity index (χ4v) is 6.21. The molecule has 4 rings (SSSR count). The van der Waals surface area contributed by atoms with E-state index in [1.807, 2.05) is 18.2 Å². The molecule has 2 heterocycles. The summed E-state index contributed by atoms with van der Waals surface area (Å²) in [5, 5.41) is 13.8. The smallest absolute Gasteiger partial charge is 0.459 e. The molecular weight excluding hydrogens is 669 g/mol. The van der Waals surface area contributed by atoms with Gasteiger partial charge in [-0.25, -0.2) is 9.36 Å². The number of aromatic nitrogens is 2. The number of aliphatic hydroxyl groups excluding tert-OH is 1. The molecular formula is C28H30BrClN3O9P. The van der Waals surface area contributed by atoms with Gasteiger partial charge < -0.3 is 19.1 Å². The summed E-state index contributed by atoms with van der Waals surface area (Å²) in [6.45, 7) is 2.46. The third-order valence-corrected chi connectivity index (χ3v) is 8.63. The molecule has 1 saturated heterocycles. The van der Waals surface area contributed by atoms with Gasteiger partial charge in [-0.05, 0) is 54.7 Å². The van der Waals surface area contributed by atoms with Crippen molar-refractivity contribution in [3.05, 3.63) is 103 Å². The summed E-state index contributed by atoms with van der Waals surface area (Å²) < 4.78 is 37.9. The number of nitrogens with zero attached hydrogens (tertiary/aromatic N) is 1. The van der Waals surface area contributed by atoms with Crippen LogP contribution < -0.4 is 20.9 Å². The van der Waals surface area contributed by atoms with Crippen LogP contribution in [0.2, 0.25) is 5.02 Å². The second kappa shape index (κ2) is 14.2. The predicted molar refractivity (Wildman–Crippen MR) is 163 cm³/mol. The lowest BCUT2D eigenvalue weighted by atomic mass is 10.1. The minimum atomic E-state index is -4.35. The van der Waals surface area contributed by atoms with Crippen LogP contribution in [-0.2, 0) is 30.0 Å². The summed E-state index contributed by atoms with van der Waals surface area (Å²) in [5.74, 6) is -0.588. The van der Waals surface area contributed by atoms with Gasteiger partial charge in [0.05, 0.1) is 18.3 Å². The number of carbonyl (C=O) groups excluding carboxylic acids is 1. The molecule has 1 aliphatic heterocycles. The molecule has 1 fully saturated rings. The zero-order chi connectivity index (χ0) is 31.2. The van der Waals surface area contributed by atoms with Gasteiger partial charge in [-0.1, -0.05) is 57.9 Å². The van der Waals surface area contributed by atoms with Crippen LogP contribution >= 0.6 is 35.3 Å². The van der Waals surface area contributed by atoms with E-state index in [4.69, 9.17) is 30.1 Å². The van der Waals surface area contributed by atoms with Crippen LogP contribution in [0.5, 0.6) is 5.75 Å². The van der Waals surface area contributed by atoms with Crippen LogP contribution in [0.25, 0.3) is 6.08 Å². The lowest BCUT2D eigenvalue weighted by molar-refractivity contribution is -0.151. The highest BCUT2D eigenvalue weighted by molar-refractivity contribution is 9.11. The molecule has 3 aromatic rings. The van der Waals surface area contributed by atoms with Crippen LogP contribution in [0.15, 0.2) is 75.4 Å². The van der Waals surface area contributed by atoms with E-state index in [9.17, 15) is 24.1 Å². The number of halogens is 2. The second-order valence-corrected chi connectivity index (χ2v) is 12.7. The number of benzene rings is 2. The Bertz CT molecular complexity index is 1610. The highest BCUT2D eigenvalue weighted by atomic mass is 79.9. The summed E-state index contributed by atoms with van der Waals surface area (Å²) in [6, 6.07) is 15.0. The summed E-state index contributed by atoms with van der Waals surface area (Å²) >= 11 is 9.06. The normalized spacial score (nSPS) is 20.2. The quantitative estimate of drug-likeness (QED) is 0.182. The fraction of sp³-hybridized carbons (Fsp3) is 0.321. The SMILES string of the molecule is CC(C)(NP(=O)(OC[C@H]1O[C@@H](n2cc(C=CBr)c(=O)[nH]c2=O)CC1O)Oc1ccc(Cl)cc1)C(=O)OCc1ccccc1. The molecule has 0 saturated carbocycles. The van der Waals surface area contributed by atoms with E-state index >= 15 is 0 Å². The molecule has 15 heteroatoms. The van der Waals surface area contributed by atoms with Crippen LogP contribution in [0.1, 0.15) is 37.6 Å². The maximum atomic E-state index is 14.0. The molecule has 3 N–H and O–H groups in total. The van der Waals surface area contributed by atoms with Crippen molar-refractivity contribution in [3.8, 4) is 5.75 Å². The third-order valence-electron chi connectivity index (χ3n) is 6.34. The highest BCUT2D eigenvalue weighted by Gasteiger charge is 2.43. The van der Waals surface area contributed by atoms with E-state index in [1.165, 1.54) is 55.4 Å². The van der Waals surface area contributed by atoms with Gasteiger partial charge in [0.1, 0.15) is 30.2 Å².